The van der Waals surface area contributed by atoms with Gasteiger partial charge in [-0.1, -0.05) is 42.0 Å². The van der Waals surface area contributed by atoms with Crippen molar-refractivity contribution in [3.05, 3.63) is 66.2 Å². The lowest BCUT2D eigenvalue weighted by molar-refractivity contribution is 0.158. The molecule has 5 heteroatoms. The van der Waals surface area contributed by atoms with Gasteiger partial charge in [-0.05, 0) is 37.6 Å². The quantitative estimate of drug-likeness (QED) is 0.783. The number of anilines is 1. The zero-order chi connectivity index (χ0) is 16.7. The molecule has 0 saturated heterocycles. The number of benzene rings is 2. The van der Waals surface area contributed by atoms with E-state index in [1.54, 1.807) is 16.4 Å². The summed E-state index contributed by atoms with van der Waals surface area (Å²) in [6, 6.07) is 14.2. The number of hydrogen-bond acceptors (Lipinski definition) is 3. The molecule has 0 saturated carbocycles. The van der Waals surface area contributed by atoms with Gasteiger partial charge in [-0.25, -0.2) is 8.42 Å². The zero-order valence-corrected chi connectivity index (χ0v) is 14.2. The first-order valence-electron chi connectivity index (χ1n) is 8.09. The zero-order valence-electron chi connectivity index (χ0n) is 13.4. The lowest BCUT2D eigenvalue weighted by atomic mass is 9.96. The van der Waals surface area contributed by atoms with Crippen molar-refractivity contribution in [2.24, 2.45) is 0 Å². The van der Waals surface area contributed by atoms with E-state index in [0.29, 0.717) is 22.8 Å². The van der Waals surface area contributed by atoms with Crippen LogP contribution < -0.4 is 9.04 Å². The fraction of sp³-hybridized carbons (Fsp3) is 0.263. The van der Waals surface area contributed by atoms with Crippen LogP contribution in [0.15, 0.2) is 65.6 Å². The molecule has 0 unspecified atom stereocenters. The highest BCUT2D eigenvalue weighted by Gasteiger charge is 2.42. The maximum Gasteiger partial charge on any atom is 0.264 e. The van der Waals surface area contributed by atoms with Crippen LogP contribution in [0.3, 0.4) is 0 Å². The second-order valence-electron chi connectivity index (χ2n) is 6.25. The lowest BCUT2D eigenvalue weighted by Crippen LogP contribution is -2.52. The van der Waals surface area contributed by atoms with Crippen LogP contribution in [0.5, 0.6) is 5.75 Å². The van der Waals surface area contributed by atoms with E-state index in [0.717, 1.165) is 12.0 Å². The molecule has 2 aromatic carbocycles. The smallest absolute Gasteiger partial charge is 0.264 e. The number of ether oxygens (including phenoxy) is 1. The van der Waals surface area contributed by atoms with Crippen molar-refractivity contribution in [1.82, 2.24) is 0 Å². The Hall–Kier alpha value is -2.27. The summed E-state index contributed by atoms with van der Waals surface area (Å²) in [5, 5.41) is 0. The molecule has 0 spiro atoms. The average Bonchev–Trinajstić information content (AvgIpc) is 2.59. The Bertz CT molecular complexity index is 887. The molecule has 0 radical (unpaired) electrons. The van der Waals surface area contributed by atoms with Crippen molar-refractivity contribution < 1.29 is 13.2 Å². The van der Waals surface area contributed by atoms with Gasteiger partial charge in [0.25, 0.3) is 10.0 Å². The summed E-state index contributed by atoms with van der Waals surface area (Å²) in [5.74, 6) is 0.629. The Morgan fingerprint density at radius 1 is 1.00 bits per heavy atom. The standard InChI is InChI=1S/C19H19NO3S/c1-14-10-12-15(13-11-14)24(21,22)20-16-6-2-4-8-18(16)23-19-9-5-3-7-17(19)20/h2-6,8,10-13,17,19H,7,9H2,1H3/t17-,19-/m1/s1. The molecule has 0 aromatic heterocycles. The van der Waals surface area contributed by atoms with Crippen LogP contribution >= 0.6 is 0 Å². The fourth-order valence-electron chi connectivity index (χ4n) is 3.36. The molecule has 4 nitrogen and oxygen atoms in total. The molecule has 2 aromatic rings. The third-order valence-electron chi connectivity index (χ3n) is 4.60. The van der Waals surface area contributed by atoms with Gasteiger partial charge in [-0.2, -0.15) is 0 Å². The first kappa shape index (κ1) is 15.3. The predicted octanol–water partition coefficient (Wildman–Crippen LogP) is 3.67. The SMILES string of the molecule is Cc1ccc(S(=O)(=O)N2c3ccccc3O[C@@H]3CC=CC[C@H]32)cc1. The Morgan fingerprint density at radius 3 is 2.50 bits per heavy atom. The number of hydrogen-bond donors (Lipinski definition) is 0. The summed E-state index contributed by atoms with van der Waals surface area (Å²) in [5.41, 5.74) is 1.66. The second-order valence-corrected chi connectivity index (χ2v) is 8.06. The number of sulfonamides is 1. The second kappa shape index (κ2) is 5.67. The van der Waals surface area contributed by atoms with E-state index in [1.165, 1.54) is 0 Å². The maximum absolute atomic E-state index is 13.4. The number of aryl methyl sites for hydroxylation is 1. The topological polar surface area (TPSA) is 46.6 Å². The number of para-hydroxylation sites is 2. The van der Waals surface area contributed by atoms with E-state index in [2.05, 4.69) is 6.08 Å². The molecule has 0 fully saturated rings. The van der Waals surface area contributed by atoms with Gasteiger partial charge in [0.1, 0.15) is 11.9 Å². The van der Waals surface area contributed by atoms with Crippen LogP contribution in [0.2, 0.25) is 0 Å². The number of nitrogens with zero attached hydrogens (tertiary/aromatic N) is 1. The summed E-state index contributed by atoms with van der Waals surface area (Å²) in [4.78, 5) is 0.318. The molecule has 0 bridgehead atoms. The van der Waals surface area contributed by atoms with Crippen molar-refractivity contribution in [2.75, 3.05) is 4.31 Å². The molecule has 0 amide bonds. The van der Waals surface area contributed by atoms with Gasteiger partial charge in [0.2, 0.25) is 0 Å². The van der Waals surface area contributed by atoms with Gasteiger partial charge in [-0.3, -0.25) is 4.31 Å². The lowest BCUT2D eigenvalue weighted by Gasteiger charge is -2.43. The van der Waals surface area contributed by atoms with E-state index in [4.69, 9.17) is 4.74 Å². The predicted molar refractivity (Wildman–Crippen MR) is 93.9 cm³/mol. The minimum atomic E-state index is -3.64. The monoisotopic (exact) mass is 341 g/mol. The third-order valence-corrected chi connectivity index (χ3v) is 6.46. The van der Waals surface area contributed by atoms with Crippen molar-refractivity contribution in [2.45, 2.75) is 36.8 Å². The Labute approximate surface area is 142 Å². The van der Waals surface area contributed by atoms with Crippen LogP contribution in [0, 0.1) is 6.92 Å². The highest BCUT2D eigenvalue weighted by molar-refractivity contribution is 7.92. The minimum Gasteiger partial charge on any atom is -0.486 e. The van der Waals surface area contributed by atoms with Crippen molar-refractivity contribution in [1.29, 1.82) is 0 Å². The van der Waals surface area contributed by atoms with Crippen LogP contribution in [0.4, 0.5) is 5.69 Å². The van der Waals surface area contributed by atoms with Gasteiger partial charge >= 0.3 is 0 Å². The average molecular weight is 341 g/mol. The Kier molecular flexibility index (Phi) is 3.61. The molecule has 24 heavy (non-hydrogen) atoms. The van der Waals surface area contributed by atoms with E-state index in [9.17, 15) is 8.42 Å². The molecule has 1 heterocycles. The first-order valence-corrected chi connectivity index (χ1v) is 9.53. The molecular formula is C19H19NO3S. The van der Waals surface area contributed by atoms with E-state index < -0.39 is 10.0 Å². The number of fused-ring (bicyclic) bond motifs is 2. The Balaban J connectivity index is 1.87. The number of rotatable bonds is 2. The van der Waals surface area contributed by atoms with E-state index in [1.807, 2.05) is 49.4 Å². The van der Waals surface area contributed by atoms with Crippen LogP contribution in [0.1, 0.15) is 18.4 Å². The summed E-state index contributed by atoms with van der Waals surface area (Å²) in [6.07, 6.45) is 5.33. The van der Waals surface area contributed by atoms with Gasteiger partial charge < -0.3 is 4.74 Å². The summed E-state index contributed by atoms with van der Waals surface area (Å²) in [7, 11) is -3.64. The van der Waals surface area contributed by atoms with Crippen LogP contribution in [-0.2, 0) is 10.0 Å². The molecule has 124 valence electrons. The highest BCUT2D eigenvalue weighted by Crippen LogP contribution is 2.42. The van der Waals surface area contributed by atoms with E-state index >= 15 is 0 Å². The summed E-state index contributed by atoms with van der Waals surface area (Å²) >= 11 is 0. The van der Waals surface area contributed by atoms with Crippen molar-refractivity contribution in [3.63, 3.8) is 0 Å². The highest BCUT2D eigenvalue weighted by atomic mass is 32.2. The largest absolute Gasteiger partial charge is 0.486 e. The summed E-state index contributed by atoms with van der Waals surface area (Å²) in [6.45, 7) is 1.95. The first-order chi connectivity index (χ1) is 11.6. The minimum absolute atomic E-state index is 0.148. The van der Waals surface area contributed by atoms with E-state index in [-0.39, 0.29) is 12.1 Å². The molecule has 0 N–H and O–H groups in total. The molecule has 4 rings (SSSR count). The van der Waals surface area contributed by atoms with Gasteiger partial charge in [0.05, 0.1) is 16.6 Å². The van der Waals surface area contributed by atoms with Gasteiger partial charge in [-0.15, -0.1) is 0 Å². The molecule has 2 atom stereocenters. The summed E-state index contributed by atoms with van der Waals surface area (Å²) < 4.78 is 34.3. The normalized spacial score (nSPS) is 22.5. The maximum atomic E-state index is 13.4. The van der Waals surface area contributed by atoms with Gasteiger partial charge in [0, 0.05) is 6.42 Å². The van der Waals surface area contributed by atoms with Crippen LogP contribution in [0.25, 0.3) is 0 Å². The Morgan fingerprint density at radius 2 is 1.71 bits per heavy atom. The fourth-order valence-corrected chi connectivity index (χ4v) is 5.06. The molecular weight excluding hydrogens is 322 g/mol. The van der Waals surface area contributed by atoms with Crippen molar-refractivity contribution >= 4 is 15.7 Å². The molecule has 1 aliphatic carbocycles. The van der Waals surface area contributed by atoms with Gasteiger partial charge in [0.15, 0.2) is 0 Å². The molecule has 1 aliphatic heterocycles. The van der Waals surface area contributed by atoms with Crippen molar-refractivity contribution in [3.8, 4) is 5.75 Å². The van der Waals surface area contributed by atoms with Crippen LogP contribution in [-0.4, -0.2) is 20.6 Å². The molecule has 2 aliphatic rings. The third kappa shape index (κ3) is 2.40.